The van der Waals surface area contributed by atoms with Crippen molar-refractivity contribution in [2.24, 2.45) is 0 Å². The molecule has 1 N–H and O–H groups in total. The molecule has 2 radical (unpaired) electrons. The molecule has 3 atom stereocenters. The second-order valence-corrected chi connectivity index (χ2v) is 8.08. The maximum atomic E-state index is 12.1. The van der Waals surface area contributed by atoms with Gasteiger partial charge in [-0.05, 0) is 6.92 Å². The van der Waals surface area contributed by atoms with Gasteiger partial charge in [0.25, 0.3) is 0 Å². The SMILES string of the molecule is [B]C(COS(=O)(=O)c1ccc(C)cc1)OC(CO)(COP)CO[P+]#P. The topological polar surface area (TPSA) is 91.3 Å². The van der Waals surface area contributed by atoms with E-state index in [0.29, 0.717) is 7.91 Å². The number of aliphatic hydroxyl groups excluding tert-OH is 1. The number of hydrogen-bond acceptors (Lipinski definition) is 7. The first-order valence-corrected chi connectivity index (χ1v) is 10.9. The summed E-state index contributed by atoms with van der Waals surface area (Å²) < 4.78 is 44.8. The molecular weight excluding hydrogens is 404 g/mol. The molecule has 0 bridgehead atoms. The first kappa shape index (κ1) is 23.4. The molecule has 0 saturated carbocycles. The van der Waals surface area contributed by atoms with Crippen LogP contribution >= 0.6 is 25.7 Å². The summed E-state index contributed by atoms with van der Waals surface area (Å²) in [4.78, 5) is 0.0178. The van der Waals surface area contributed by atoms with E-state index in [0.717, 1.165) is 5.56 Å². The summed E-state index contributed by atoms with van der Waals surface area (Å²) in [7, 11) is 8.07. The molecule has 1 rings (SSSR count). The standard InChI is InChI=1S/C13H19BO7P3S/c1-10-2-4-11(5-3-10)25(16,17)20-6-12(14)21-13(7-15,8-18-22)9-19-24-23/h2-5,12,15H,6-9,22H2,1H3/q+1. The fourth-order valence-electron chi connectivity index (χ4n) is 1.82. The van der Waals surface area contributed by atoms with E-state index in [4.69, 9.17) is 25.8 Å². The van der Waals surface area contributed by atoms with E-state index in [9.17, 15) is 13.5 Å². The predicted octanol–water partition coefficient (Wildman–Crippen LogP) is 1.95. The fraction of sp³-hybridized carbons (Fsp3) is 0.538. The van der Waals surface area contributed by atoms with E-state index in [2.05, 4.69) is 8.34 Å². The van der Waals surface area contributed by atoms with Gasteiger partial charge in [-0.15, -0.1) is 0 Å². The molecule has 0 aliphatic heterocycles. The Balaban J connectivity index is 2.71. The van der Waals surface area contributed by atoms with Crippen LogP contribution in [0.3, 0.4) is 0 Å². The average Bonchev–Trinajstić information content (AvgIpc) is 2.58. The number of rotatable bonds is 11. The summed E-state index contributed by atoms with van der Waals surface area (Å²) >= 11 is 0. The van der Waals surface area contributed by atoms with Crippen LogP contribution in [0.4, 0.5) is 0 Å². The molecule has 0 fully saturated rings. The van der Waals surface area contributed by atoms with Crippen molar-refractivity contribution in [3.63, 3.8) is 0 Å². The number of benzene rings is 1. The van der Waals surface area contributed by atoms with Crippen molar-refractivity contribution in [3.05, 3.63) is 29.8 Å². The zero-order valence-corrected chi connectivity index (χ0v) is 17.3. The number of ether oxygens (including phenoxy) is 1. The third kappa shape index (κ3) is 7.84. The van der Waals surface area contributed by atoms with Crippen LogP contribution < -0.4 is 0 Å². The zero-order valence-electron chi connectivity index (χ0n) is 13.6. The molecule has 0 aliphatic carbocycles. The van der Waals surface area contributed by atoms with Crippen molar-refractivity contribution >= 4 is 43.7 Å². The maximum absolute atomic E-state index is 12.1. The number of aliphatic hydroxyl groups is 1. The van der Waals surface area contributed by atoms with Gasteiger partial charge in [0.1, 0.15) is 0 Å². The van der Waals surface area contributed by atoms with Gasteiger partial charge < -0.3 is 0 Å². The third-order valence-electron chi connectivity index (χ3n) is 3.12. The van der Waals surface area contributed by atoms with Gasteiger partial charge in [-0.3, -0.25) is 0 Å². The Labute approximate surface area is 155 Å². The van der Waals surface area contributed by atoms with E-state index in [1.165, 1.54) is 12.1 Å². The summed E-state index contributed by atoms with van der Waals surface area (Å²) in [6, 6.07) is 5.07. The molecule has 1 aromatic rings. The summed E-state index contributed by atoms with van der Waals surface area (Å²) in [5, 5.41) is 9.58. The Morgan fingerprint density at radius 2 is 2.00 bits per heavy atom. The van der Waals surface area contributed by atoms with Gasteiger partial charge in [-0.2, -0.15) is 0 Å². The predicted molar refractivity (Wildman–Crippen MR) is 100 cm³/mol. The molecule has 0 aliphatic rings. The molecule has 1 aromatic carbocycles. The summed E-state index contributed by atoms with van der Waals surface area (Å²) in [6.07, 6.45) is 0. The van der Waals surface area contributed by atoms with Gasteiger partial charge in [-0.25, -0.2) is 0 Å². The van der Waals surface area contributed by atoms with E-state index in [1.807, 2.05) is 16.4 Å². The minimum absolute atomic E-state index is 0.0178. The van der Waals surface area contributed by atoms with Crippen molar-refractivity contribution in [1.29, 1.82) is 0 Å². The second kappa shape index (κ2) is 11.2. The first-order valence-electron chi connectivity index (χ1n) is 7.07. The minimum atomic E-state index is -3.97. The monoisotopic (exact) mass is 423 g/mol. The quantitative estimate of drug-likeness (QED) is 0.331. The second-order valence-electron chi connectivity index (χ2n) is 5.22. The molecule has 0 heterocycles. The molecule has 7 nitrogen and oxygen atoms in total. The molecule has 136 valence electrons. The average molecular weight is 423 g/mol. The van der Waals surface area contributed by atoms with Crippen LogP contribution in [-0.2, 0) is 28.1 Å². The van der Waals surface area contributed by atoms with E-state index < -0.39 is 34.9 Å². The van der Waals surface area contributed by atoms with Crippen LogP contribution in [-0.4, -0.2) is 59.4 Å². The Bertz CT molecular complexity index is 680. The van der Waals surface area contributed by atoms with Crippen molar-refractivity contribution in [3.8, 4) is 0 Å². The van der Waals surface area contributed by atoms with Gasteiger partial charge in [0.05, 0.1) is 0 Å². The van der Waals surface area contributed by atoms with Crippen LogP contribution in [0.2, 0.25) is 0 Å². The molecule has 0 amide bonds. The van der Waals surface area contributed by atoms with Gasteiger partial charge in [0, 0.05) is 0 Å². The van der Waals surface area contributed by atoms with Crippen LogP contribution in [0, 0.1) is 6.92 Å². The Morgan fingerprint density at radius 1 is 1.36 bits per heavy atom. The number of hydrogen-bond donors (Lipinski definition) is 1. The van der Waals surface area contributed by atoms with Crippen LogP contribution in [0.25, 0.3) is 0 Å². The third-order valence-corrected chi connectivity index (χ3v) is 5.17. The molecule has 0 aromatic heterocycles. The Morgan fingerprint density at radius 3 is 2.52 bits per heavy atom. The molecule has 0 spiro atoms. The molecule has 0 saturated heterocycles. The number of aryl methyl sites for hydroxylation is 1. The first-order chi connectivity index (χ1) is 11.8. The van der Waals surface area contributed by atoms with E-state index in [-0.39, 0.29) is 18.1 Å². The van der Waals surface area contributed by atoms with Crippen molar-refractivity contribution < 1.29 is 31.5 Å². The van der Waals surface area contributed by atoms with Gasteiger partial charge >= 0.3 is 148 Å². The molecular formula is C13H19BO7P3S+. The summed E-state index contributed by atoms with van der Waals surface area (Å²) in [6.45, 7) is 0.851. The van der Waals surface area contributed by atoms with Crippen LogP contribution in [0.1, 0.15) is 5.56 Å². The van der Waals surface area contributed by atoms with Crippen molar-refractivity contribution in [1.82, 2.24) is 0 Å². The van der Waals surface area contributed by atoms with E-state index >= 15 is 0 Å². The molecule has 25 heavy (non-hydrogen) atoms. The van der Waals surface area contributed by atoms with E-state index in [1.54, 1.807) is 12.1 Å². The normalized spacial score (nSPS) is 15.4. The van der Waals surface area contributed by atoms with Gasteiger partial charge in [0.2, 0.25) is 0 Å². The Kier molecular flexibility index (Phi) is 10.5. The summed E-state index contributed by atoms with van der Waals surface area (Å²) in [5.41, 5.74) is -0.346. The van der Waals surface area contributed by atoms with Crippen molar-refractivity contribution in [2.45, 2.75) is 23.4 Å². The van der Waals surface area contributed by atoms with Gasteiger partial charge in [-0.1, -0.05) is 0 Å². The van der Waals surface area contributed by atoms with Crippen LogP contribution in [0.15, 0.2) is 29.2 Å². The van der Waals surface area contributed by atoms with Gasteiger partial charge in [0.15, 0.2) is 0 Å². The summed E-state index contributed by atoms with van der Waals surface area (Å²) in [5.74, 6) is 0. The fourth-order valence-corrected chi connectivity index (χ4v) is 3.51. The van der Waals surface area contributed by atoms with Crippen molar-refractivity contribution in [2.75, 3.05) is 26.4 Å². The Hall–Kier alpha value is 0.325. The zero-order chi connectivity index (χ0) is 18.9. The molecule has 3 unspecified atom stereocenters. The van der Waals surface area contributed by atoms with Crippen LogP contribution in [0.5, 0.6) is 0 Å². The molecule has 12 heteroatoms.